The van der Waals surface area contributed by atoms with Crippen LogP contribution in [0.25, 0.3) is 0 Å². The van der Waals surface area contributed by atoms with Crippen LogP contribution in [0.1, 0.15) is 19.3 Å². The second-order valence-corrected chi connectivity index (χ2v) is 7.27. The number of hydrogen-bond acceptors (Lipinski definition) is 3. The van der Waals surface area contributed by atoms with Gasteiger partial charge in [0.2, 0.25) is 10.0 Å². The van der Waals surface area contributed by atoms with Crippen molar-refractivity contribution in [1.82, 2.24) is 10.0 Å². The maximum Gasteiger partial charge on any atom is 0.221 e. The Kier molecular flexibility index (Phi) is 3.16. The maximum absolute atomic E-state index is 11.3. The summed E-state index contributed by atoms with van der Waals surface area (Å²) in [7, 11) is -3.10. The predicted molar refractivity (Wildman–Crippen MR) is 58.8 cm³/mol. The van der Waals surface area contributed by atoms with Gasteiger partial charge in [-0.25, -0.2) is 13.1 Å². The van der Waals surface area contributed by atoms with Gasteiger partial charge in [0.25, 0.3) is 0 Å². The molecular weight excluding hydrogens is 268 g/mol. The normalized spacial score (nSPS) is 37.4. The molecule has 2 aliphatic rings. The monoisotopic (exact) mass is 282 g/mol. The number of halogens is 1. The van der Waals surface area contributed by atoms with E-state index in [2.05, 4.69) is 26.0 Å². The summed E-state index contributed by atoms with van der Waals surface area (Å²) in [5.41, 5.74) is 0. The van der Waals surface area contributed by atoms with Crippen molar-refractivity contribution in [2.75, 3.05) is 11.2 Å². The lowest BCUT2D eigenvalue weighted by molar-refractivity contribution is 0.346. The van der Waals surface area contributed by atoms with E-state index in [1.165, 1.54) is 6.42 Å². The first-order valence-electron chi connectivity index (χ1n) is 4.88. The second-order valence-electron chi connectivity index (χ2n) is 4.22. The average molecular weight is 283 g/mol. The molecule has 3 unspecified atom stereocenters. The first kappa shape index (κ1) is 10.9. The van der Waals surface area contributed by atoms with Gasteiger partial charge in [-0.3, -0.25) is 0 Å². The fourth-order valence-electron chi connectivity index (χ4n) is 2.49. The largest absolute Gasteiger partial charge is 0.314 e. The van der Waals surface area contributed by atoms with E-state index < -0.39 is 10.0 Å². The van der Waals surface area contributed by atoms with Crippen molar-refractivity contribution in [2.45, 2.75) is 31.3 Å². The zero-order valence-electron chi connectivity index (χ0n) is 7.87. The Morgan fingerprint density at radius 2 is 2.14 bits per heavy atom. The van der Waals surface area contributed by atoms with Crippen LogP contribution in [0.4, 0.5) is 0 Å². The van der Waals surface area contributed by atoms with Crippen molar-refractivity contribution in [3.05, 3.63) is 0 Å². The van der Waals surface area contributed by atoms with Gasteiger partial charge in [0.05, 0.1) is 0 Å². The number of alkyl halides is 1. The molecule has 2 fully saturated rings. The van der Waals surface area contributed by atoms with Crippen LogP contribution in [0, 0.1) is 5.92 Å². The molecule has 1 saturated heterocycles. The molecule has 2 bridgehead atoms. The first-order valence-corrected chi connectivity index (χ1v) is 7.66. The highest BCUT2D eigenvalue weighted by atomic mass is 79.9. The maximum atomic E-state index is 11.3. The van der Waals surface area contributed by atoms with Crippen LogP contribution >= 0.6 is 15.9 Å². The molecule has 1 aliphatic carbocycles. The summed E-state index contributed by atoms with van der Waals surface area (Å²) in [6.45, 7) is 1.05. The fraction of sp³-hybridized carbons (Fsp3) is 1.00. The minimum atomic E-state index is -3.10. The first-order chi connectivity index (χ1) is 6.59. The van der Waals surface area contributed by atoms with E-state index in [1.54, 1.807) is 0 Å². The van der Waals surface area contributed by atoms with Gasteiger partial charge in [-0.05, 0) is 31.7 Å². The molecule has 0 aromatic carbocycles. The second kappa shape index (κ2) is 4.08. The molecule has 1 aliphatic heterocycles. The Morgan fingerprint density at radius 1 is 1.36 bits per heavy atom. The van der Waals surface area contributed by atoms with Gasteiger partial charge in [-0.2, -0.15) is 0 Å². The quantitative estimate of drug-likeness (QED) is 0.737. The highest BCUT2D eigenvalue weighted by Gasteiger charge is 2.35. The third-order valence-electron chi connectivity index (χ3n) is 2.99. The summed E-state index contributed by atoms with van der Waals surface area (Å²) >= 11 is 2.98. The predicted octanol–water partition coefficient (Wildman–Crippen LogP) is 0.399. The molecule has 2 rings (SSSR count). The molecule has 82 valence electrons. The minimum Gasteiger partial charge on any atom is -0.314 e. The van der Waals surface area contributed by atoms with Gasteiger partial charge in [0.15, 0.2) is 0 Å². The lowest BCUT2D eigenvalue weighted by Gasteiger charge is -2.27. The Balaban J connectivity index is 1.94. The topological polar surface area (TPSA) is 58.2 Å². The number of fused-ring (bicyclic) bond motifs is 2. The molecular formula is C8H15BrN2O2S. The summed E-state index contributed by atoms with van der Waals surface area (Å²) in [5, 5.41) is 3.41. The molecule has 1 saturated carbocycles. The van der Waals surface area contributed by atoms with Crippen LogP contribution in [0.2, 0.25) is 0 Å². The molecule has 6 heteroatoms. The molecule has 1 heterocycles. The van der Waals surface area contributed by atoms with Crippen molar-refractivity contribution in [3.63, 3.8) is 0 Å². The van der Waals surface area contributed by atoms with Gasteiger partial charge < -0.3 is 5.32 Å². The fourth-order valence-corrected chi connectivity index (χ4v) is 3.64. The van der Waals surface area contributed by atoms with Gasteiger partial charge in [0, 0.05) is 12.1 Å². The molecule has 3 atom stereocenters. The molecule has 0 radical (unpaired) electrons. The molecule has 4 nitrogen and oxygen atoms in total. The summed E-state index contributed by atoms with van der Waals surface area (Å²) in [6.07, 6.45) is 3.13. The van der Waals surface area contributed by atoms with Gasteiger partial charge in [-0.15, -0.1) is 0 Å². The van der Waals surface area contributed by atoms with Gasteiger partial charge >= 0.3 is 0 Å². The third-order valence-corrected chi connectivity index (χ3v) is 5.78. The molecule has 0 aromatic rings. The van der Waals surface area contributed by atoms with Crippen LogP contribution in [-0.4, -0.2) is 31.7 Å². The zero-order chi connectivity index (χ0) is 10.2. The standard InChI is InChI=1S/C8H15BrN2O2S/c9-5-14(12,13)11-8-2-6-1-7(3-8)10-4-6/h6-8,10-11H,1-5H2. The lowest BCUT2D eigenvalue weighted by atomic mass is 9.87. The number of nitrogens with one attached hydrogen (secondary N) is 2. The van der Waals surface area contributed by atoms with Crippen molar-refractivity contribution < 1.29 is 8.42 Å². The summed E-state index contributed by atoms with van der Waals surface area (Å²) < 4.78 is 25.4. The highest BCUT2D eigenvalue weighted by Crippen LogP contribution is 2.29. The Bertz CT molecular complexity index is 294. The summed E-state index contributed by atoms with van der Waals surface area (Å²) in [4.78, 5) is 0. The van der Waals surface area contributed by atoms with Crippen LogP contribution in [0.3, 0.4) is 0 Å². The smallest absolute Gasteiger partial charge is 0.221 e. The van der Waals surface area contributed by atoms with E-state index in [-0.39, 0.29) is 10.7 Å². The van der Waals surface area contributed by atoms with E-state index in [4.69, 9.17) is 0 Å². The number of sulfonamides is 1. The molecule has 0 spiro atoms. The van der Waals surface area contributed by atoms with Crippen LogP contribution < -0.4 is 10.0 Å². The Labute approximate surface area is 93.0 Å². The SMILES string of the molecule is O=S(=O)(CBr)NC1CC2CNC(C2)C1. The summed E-state index contributed by atoms with van der Waals surface area (Å²) in [6, 6.07) is 0.660. The van der Waals surface area contributed by atoms with Crippen molar-refractivity contribution in [1.29, 1.82) is 0 Å². The van der Waals surface area contributed by atoms with Gasteiger partial charge in [-0.1, -0.05) is 15.9 Å². The third kappa shape index (κ3) is 2.48. The van der Waals surface area contributed by atoms with E-state index in [0.717, 1.165) is 19.4 Å². The van der Waals surface area contributed by atoms with Crippen LogP contribution in [-0.2, 0) is 10.0 Å². The number of rotatable bonds is 3. The van der Waals surface area contributed by atoms with Crippen LogP contribution in [0.15, 0.2) is 0 Å². The average Bonchev–Trinajstić information content (AvgIpc) is 2.45. The van der Waals surface area contributed by atoms with Crippen molar-refractivity contribution in [2.24, 2.45) is 5.92 Å². The Morgan fingerprint density at radius 3 is 2.79 bits per heavy atom. The molecule has 2 N–H and O–H groups in total. The minimum absolute atomic E-state index is 0.000732. The van der Waals surface area contributed by atoms with Crippen LogP contribution in [0.5, 0.6) is 0 Å². The zero-order valence-corrected chi connectivity index (χ0v) is 10.3. The molecule has 14 heavy (non-hydrogen) atoms. The van der Waals surface area contributed by atoms with Crippen molar-refractivity contribution >= 4 is 26.0 Å². The lowest BCUT2D eigenvalue weighted by Crippen LogP contribution is -2.41. The Hall–Kier alpha value is 0.350. The van der Waals surface area contributed by atoms with E-state index >= 15 is 0 Å². The molecule has 0 amide bonds. The van der Waals surface area contributed by atoms with Crippen molar-refractivity contribution in [3.8, 4) is 0 Å². The van der Waals surface area contributed by atoms with E-state index in [0.29, 0.717) is 12.0 Å². The highest BCUT2D eigenvalue weighted by molar-refractivity contribution is 9.10. The van der Waals surface area contributed by atoms with Gasteiger partial charge in [0.1, 0.15) is 4.66 Å². The number of hydrogen-bond donors (Lipinski definition) is 2. The van der Waals surface area contributed by atoms with E-state index in [9.17, 15) is 8.42 Å². The summed E-state index contributed by atoms with van der Waals surface area (Å²) in [5.74, 6) is 0.664. The van der Waals surface area contributed by atoms with E-state index in [1.807, 2.05) is 0 Å². The molecule has 0 aromatic heterocycles.